The zero-order valence-corrected chi connectivity index (χ0v) is 24.9. The fourth-order valence-electron chi connectivity index (χ4n) is 5.88. The van der Waals surface area contributed by atoms with Gasteiger partial charge in [0.05, 0.1) is 17.9 Å². The number of aromatic amines is 2. The minimum Gasteiger partial charge on any atom is -0.384 e. The Hall–Kier alpha value is -4.81. The van der Waals surface area contributed by atoms with Gasteiger partial charge in [-0.05, 0) is 73.3 Å². The molecule has 1 fully saturated rings. The summed E-state index contributed by atoms with van der Waals surface area (Å²) in [6.45, 7) is 2.04. The second kappa shape index (κ2) is 11.6. The lowest BCUT2D eigenvalue weighted by Gasteiger charge is -2.15. The van der Waals surface area contributed by atoms with Gasteiger partial charge in [0.15, 0.2) is 5.65 Å². The summed E-state index contributed by atoms with van der Waals surface area (Å²) < 4.78 is 42.1. The number of hydrogen-bond donors (Lipinski definition) is 3. The summed E-state index contributed by atoms with van der Waals surface area (Å²) >= 11 is 0. The third-order valence-corrected chi connectivity index (χ3v) is 8.09. The number of alkyl halides is 2. The maximum Gasteiger partial charge on any atom is 0.261 e. The Bertz CT molecular complexity index is 2000. The van der Waals surface area contributed by atoms with Crippen LogP contribution >= 0.6 is 0 Å². The summed E-state index contributed by atoms with van der Waals surface area (Å²) in [7, 11) is 3.99. The first-order chi connectivity index (χ1) is 21.7. The van der Waals surface area contributed by atoms with Crippen molar-refractivity contribution in [1.82, 2.24) is 39.9 Å². The van der Waals surface area contributed by atoms with E-state index in [9.17, 15) is 13.2 Å². The van der Waals surface area contributed by atoms with E-state index in [2.05, 4.69) is 40.3 Å². The maximum absolute atomic E-state index is 14.7. The van der Waals surface area contributed by atoms with E-state index < -0.39 is 5.92 Å². The zero-order chi connectivity index (χ0) is 31.1. The van der Waals surface area contributed by atoms with Gasteiger partial charge in [-0.3, -0.25) is 15.0 Å². The summed E-state index contributed by atoms with van der Waals surface area (Å²) in [5.41, 5.74) is 7.52. The van der Waals surface area contributed by atoms with Crippen LogP contribution in [-0.4, -0.2) is 86.1 Å². The third kappa shape index (κ3) is 6.11. The summed E-state index contributed by atoms with van der Waals surface area (Å²) in [6.07, 6.45) is 6.77. The number of likely N-dealkylation sites (N-methyl/N-ethyl adjacent to an activating group) is 1. The zero-order valence-electron chi connectivity index (χ0n) is 24.9. The van der Waals surface area contributed by atoms with E-state index in [4.69, 9.17) is 0 Å². The number of rotatable bonds is 9. The number of anilines is 1. The van der Waals surface area contributed by atoms with Crippen LogP contribution < -0.4 is 5.32 Å². The van der Waals surface area contributed by atoms with Gasteiger partial charge in [-0.15, -0.1) is 0 Å². The van der Waals surface area contributed by atoms with E-state index in [-0.39, 0.29) is 18.8 Å². The molecule has 0 atom stereocenters. The molecule has 0 bridgehead atoms. The van der Waals surface area contributed by atoms with Crippen LogP contribution in [0, 0.1) is 5.82 Å². The average Bonchev–Trinajstić information content (AvgIpc) is 3.72. The first-order valence-corrected chi connectivity index (χ1v) is 14.8. The van der Waals surface area contributed by atoms with E-state index in [1.165, 1.54) is 12.1 Å². The Kier molecular flexibility index (Phi) is 7.46. The van der Waals surface area contributed by atoms with Gasteiger partial charge in [0, 0.05) is 85.0 Å². The predicted octanol–water partition coefficient (Wildman–Crippen LogP) is 6.18. The molecule has 45 heavy (non-hydrogen) atoms. The molecule has 0 saturated carbocycles. The highest BCUT2D eigenvalue weighted by atomic mass is 19.3. The lowest BCUT2D eigenvalue weighted by atomic mass is 10.0. The standard InChI is InChI=1S/C33H32F3N9/c1-44(2)8-6-38-25-11-21(10-24(34)13-25)26-3-5-39-31-27(26)14-29(41-31)30-28-12-23(17-40-32(28)43-42-30)22-9-20(15-37-16-22)18-45-7-4-33(35,36)19-45/h3,5,9-17,38H,4,6-8,18-19H2,1-2H3,(H,39,41)(H,40,42,43). The molecule has 0 spiro atoms. The highest BCUT2D eigenvalue weighted by molar-refractivity contribution is 6.00. The van der Waals surface area contributed by atoms with Crippen LogP contribution in [0.25, 0.3) is 55.7 Å². The molecule has 0 amide bonds. The van der Waals surface area contributed by atoms with Crippen LogP contribution in [0.4, 0.5) is 18.9 Å². The first kappa shape index (κ1) is 28.9. The van der Waals surface area contributed by atoms with Gasteiger partial charge in [0.25, 0.3) is 5.92 Å². The number of H-pyrrole nitrogens is 2. The monoisotopic (exact) mass is 611 g/mol. The second-order valence-electron chi connectivity index (χ2n) is 11.9. The molecule has 1 saturated heterocycles. The van der Waals surface area contributed by atoms with Gasteiger partial charge in [-0.1, -0.05) is 0 Å². The van der Waals surface area contributed by atoms with Crippen molar-refractivity contribution >= 4 is 27.8 Å². The van der Waals surface area contributed by atoms with Gasteiger partial charge in [-0.2, -0.15) is 5.10 Å². The van der Waals surface area contributed by atoms with Crippen molar-refractivity contribution in [3.8, 4) is 33.6 Å². The van der Waals surface area contributed by atoms with E-state index in [1.807, 2.05) is 44.4 Å². The largest absolute Gasteiger partial charge is 0.384 e. The lowest BCUT2D eigenvalue weighted by molar-refractivity contribution is 0.0115. The minimum atomic E-state index is -2.64. The highest BCUT2D eigenvalue weighted by Crippen LogP contribution is 2.35. The Labute approximate surface area is 257 Å². The molecule has 6 aromatic rings. The predicted molar refractivity (Wildman–Crippen MR) is 169 cm³/mol. The average molecular weight is 612 g/mol. The molecule has 0 unspecified atom stereocenters. The van der Waals surface area contributed by atoms with Crippen LogP contribution in [0.5, 0.6) is 0 Å². The highest BCUT2D eigenvalue weighted by Gasteiger charge is 2.37. The number of nitrogens with one attached hydrogen (secondary N) is 3. The number of hydrogen-bond acceptors (Lipinski definition) is 7. The first-order valence-electron chi connectivity index (χ1n) is 14.8. The van der Waals surface area contributed by atoms with E-state index in [0.717, 1.165) is 56.5 Å². The Morgan fingerprint density at radius 2 is 1.84 bits per heavy atom. The molecule has 1 aliphatic heterocycles. The van der Waals surface area contributed by atoms with Gasteiger partial charge >= 0.3 is 0 Å². The number of likely N-dealkylation sites (tertiary alicyclic amines) is 1. The molecule has 0 radical (unpaired) electrons. The topological polar surface area (TPSA) is 102 Å². The molecule has 7 rings (SSSR count). The Morgan fingerprint density at radius 3 is 2.67 bits per heavy atom. The number of nitrogens with zero attached hydrogens (tertiary/aromatic N) is 6. The quantitative estimate of drug-likeness (QED) is 0.179. The molecule has 5 aromatic heterocycles. The van der Waals surface area contributed by atoms with Gasteiger partial charge < -0.3 is 15.2 Å². The van der Waals surface area contributed by atoms with Crippen molar-refractivity contribution in [3.63, 3.8) is 0 Å². The van der Waals surface area contributed by atoms with Gasteiger partial charge in [-0.25, -0.2) is 23.1 Å². The van der Waals surface area contributed by atoms with E-state index in [1.54, 1.807) is 29.7 Å². The molecular weight excluding hydrogens is 579 g/mol. The van der Waals surface area contributed by atoms with Crippen LogP contribution in [0.1, 0.15) is 12.0 Å². The Morgan fingerprint density at radius 1 is 0.978 bits per heavy atom. The summed E-state index contributed by atoms with van der Waals surface area (Å²) in [5.74, 6) is -2.96. The summed E-state index contributed by atoms with van der Waals surface area (Å²) in [4.78, 5) is 20.7. The van der Waals surface area contributed by atoms with Crippen molar-refractivity contribution in [3.05, 3.63) is 78.6 Å². The smallest absolute Gasteiger partial charge is 0.261 e. The molecular formula is C33H32F3N9. The van der Waals surface area contributed by atoms with E-state index >= 15 is 0 Å². The normalized spacial score (nSPS) is 15.1. The van der Waals surface area contributed by atoms with Crippen LogP contribution in [0.3, 0.4) is 0 Å². The SMILES string of the molecule is CN(C)CCNc1cc(F)cc(-c2ccnc3[nH]c(-c4[nH]nc5ncc(-c6cncc(CN7CCC(F)(F)C7)c6)cc45)cc23)c1. The molecule has 3 N–H and O–H groups in total. The summed E-state index contributed by atoms with van der Waals surface area (Å²) in [5, 5.41) is 12.5. The number of fused-ring (bicyclic) bond motifs is 2. The second-order valence-corrected chi connectivity index (χ2v) is 11.9. The fraction of sp³-hybridized carbons (Fsp3) is 0.273. The summed E-state index contributed by atoms with van der Waals surface area (Å²) in [6, 6.07) is 12.8. The molecule has 1 aromatic carbocycles. The molecule has 9 nitrogen and oxygen atoms in total. The number of halogens is 3. The number of aromatic nitrogens is 6. The van der Waals surface area contributed by atoms with Crippen molar-refractivity contribution in [1.29, 1.82) is 0 Å². The molecule has 12 heteroatoms. The Balaban J connectivity index is 1.20. The van der Waals surface area contributed by atoms with Crippen molar-refractivity contribution < 1.29 is 13.2 Å². The maximum atomic E-state index is 14.7. The van der Waals surface area contributed by atoms with Crippen LogP contribution in [-0.2, 0) is 6.54 Å². The van der Waals surface area contributed by atoms with Gasteiger partial charge in [0.2, 0.25) is 0 Å². The molecule has 1 aliphatic rings. The van der Waals surface area contributed by atoms with Crippen molar-refractivity contribution in [2.24, 2.45) is 0 Å². The molecule has 6 heterocycles. The van der Waals surface area contributed by atoms with Crippen molar-refractivity contribution in [2.75, 3.05) is 45.6 Å². The molecule has 0 aliphatic carbocycles. The lowest BCUT2D eigenvalue weighted by Crippen LogP contribution is -2.24. The third-order valence-electron chi connectivity index (χ3n) is 8.09. The van der Waals surface area contributed by atoms with E-state index in [0.29, 0.717) is 36.6 Å². The van der Waals surface area contributed by atoms with Gasteiger partial charge in [0.1, 0.15) is 11.5 Å². The minimum absolute atomic E-state index is 0.119. The van der Waals surface area contributed by atoms with Crippen molar-refractivity contribution in [2.45, 2.75) is 18.9 Å². The number of benzene rings is 1. The fourth-order valence-corrected chi connectivity index (χ4v) is 5.88. The number of pyridine rings is 3. The molecule has 230 valence electrons. The van der Waals surface area contributed by atoms with Crippen LogP contribution in [0.15, 0.2) is 67.3 Å². The van der Waals surface area contributed by atoms with Crippen LogP contribution in [0.2, 0.25) is 0 Å².